The van der Waals surface area contributed by atoms with Crippen molar-refractivity contribution in [3.8, 4) is 0 Å². The summed E-state index contributed by atoms with van der Waals surface area (Å²) in [5, 5.41) is 1.01. The summed E-state index contributed by atoms with van der Waals surface area (Å²) in [6.07, 6.45) is 5.25. The zero-order valence-electron chi connectivity index (χ0n) is 19.1. The summed E-state index contributed by atoms with van der Waals surface area (Å²) in [7, 11) is 0. The van der Waals surface area contributed by atoms with Crippen molar-refractivity contribution in [2.24, 2.45) is 5.41 Å². The highest BCUT2D eigenvalue weighted by Gasteiger charge is 2.43. The van der Waals surface area contributed by atoms with Crippen LogP contribution in [0.3, 0.4) is 0 Å². The Morgan fingerprint density at radius 1 is 1.23 bits per heavy atom. The number of ether oxygens (including phenoxy) is 1. The summed E-state index contributed by atoms with van der Waals surface area (Å²) in [5.74, 6) is -0.163. The fourth-order valence-electron chi connectivity index (χ4n) is 4.72. The summed E-state index contributed by atoms with van der Waals surface area (Å²) >= 11 is 1.79. The van der Waals surface area contributed by atoms with Gasteiger partial charge in [-0.25, -0.2) is 4.39 Å². The van der Waals surface area contributed by atoms with Crippen LogP contribution < -0.4 is 0 Å². The number of pyridine rings is 1. The number of aryl methyl sites for hydroxylation is 2. The molecule has 4 rings (SSSR count). The van der Waals surface area contributed by atoms with Gasteiger partial charge in [-0.1, -0.05) is 6.07 Å². The SMILES string of the molecule is CCOC[C@@]1(CCc2cc3cc(F)ccc3s2)CCN(C(C)(C)c2ccc(C)nc2)C1. The number of halogens is 1. The Hall–Kier alpha value is -1.82. The lowest BCUT2D eigenvalue weighted by molar-refractivity contribution is 0.0386. The highest BCUT2D eigenvalue weighted by Crippen LogP contribution is 2.42. The summed E-state index contributed by atoms with van der Waals surface area (Å²) in [5.41, 5.74) is 2.39. The average molecular weight is 441 g/mol. The van der Waals surface area contributed by atoms with Crippen LogP contribution in [0.25, 0.3) is 10.1 Å². The Morgan fingerprint density at radius 3 is 2.81 bits per heavy atom. The second-order valence-electron chi connectivity index (χ2n) is 9.45. The van der Waals surface area contributed by atoms with Crippen molar-refractivity contribution in [2.45, 2.75) is 52.5 Å². The summed E-state index contributed by atoms with van der Waals surface area (Å²) < 4.78 is 20.7. The van der Waals surface area contributed by atoms with Gasteiger partial charge in [0.15, 0.2) is 0 Å². The third kappa shape index (κ3) is 4.84. The molecule has 31 heavy (non-hydrogen) atoms. The van der Waals surface area contributed by atoms with Crippen LogP contribution in [0.5, 0.6) is 0 Å². The van der Waals surface area contributed by atoms with Crippen LogP contribution in [0.1, 0.15) is 49.7 Å². The second-order valence-corrected chi connectivity index (χ2v) is 10.6. The molecule has 1 aliphatic rings. The first-order valence-electron chi connectivity index (χ1n) is 11.3. The summed E-state index contributed by atoms with van der Waals surface area (Å²) in [6.45, 7) is 12.3. The molecule has 0 radical (unpaired) electrons. The van der Waals surface area contributed by atoms with Gasteiger partial charge in [-0.15, -0.1) is 11.3 Å². The number of likely N-dealkylation sites (tertiary alicyclic amines) is 1. The molecule has 1 atom stereocenters. The van der Waals surface area contributed by atoms with Gasteiger partial charge < -0.3 is 4.74 Å². The number of rotatable bonds is 8. The molecule has 0 spiro atoms. The number of benzene rings is 1. The molecule has 1 aromatic carbocycles. The van der Waals surface area contributed by atoms with Crippen LogP contribution >= 0.6 is 11.3 Å². The van der Waals surface area contributed by atoms with Crippen molar-refractivity contribution in [1.29, 1.82) is 0 Å². The zero-order chi connectivity index (χ0) is 22.1. The lowest BCUT2D eigenvalue weighted by Crippen LogP contribution is -2.42. The van der Waals surface area contributed by atoms with E-state index in [2.05, 4.69) is 48.9 Å². The lowest BCUT2D eigenvalue weighted by Gasteiger charge is -2.38. The molecule has 0 unspecified atom stereocenters. The largest absolute Gasteiger partial charge is 0.381 e. The number of hydrogen-bond acceptors (Lipinski definition) is 4. The van der Waals surface area contributed by atoms with E-state index in [0.717, 1.165) is 61.3 Å². The Morgan fingerprint density at radius 2 is 2.06 bits per heavy atom. The average Bonchev–Trinajstić information content (AvgIpc) is 3.36. The number of hydrogen-bond donors (Lipinski definition) is 0. The minimum atomic E-state index is -0.163. The molecule has 5 heteroatoms. The first kappa shape index (κ1) is 22.4. The van der Waals surface area contributed by atoms with E-state index >= 15 is 0 Å². The minimum Gasteiger partial charge on any atom is -0.381 e. The van der Waals surface area contributed by atoms with Gasteiger partial charge in [-0.3, -0.25) is 9.88 Å². The van der Waals surface area contributed by atoms with E-state index in [9.17, 15) is 4.39 Å². The molecule has 0 N–H and O–H groups in total. The Bertz CT molecular complexity index is 1030. The second kappa shape index (κ2) is 8.97. The highest BCUT2D eigenvalue weighted by atomic mass is 32.1. The van der Waals surface area contributed by atoms with Gasteiger partial charge in [0.25, 0.3) is 0 Å². The normalized spacial score (nSPS) is 20.0. The van der Waals surface area contributed by atoms with Crippen molar-refractivity contribution in [1.82, 2.24) is 9.88 Å². The number of fused-ring (bicyclic) bond motifs is 1. The maximum atomic E-state index is 13.6. The molecular weight excluding hydrogens is 407 g/mol. The van der Waals surface area contributed by atoms with Gasteiger partial charge in [0.05, 0.1) is 6.61 Å². The van der Waals surface area contributed by atoms with Gasteiger partial charge in [-0.05, 0) is 94.8 Å². The molecule has 3 heterocycles. The van der Waals surface area contributed by atoms with Gasteiger partial charge >= 0.3 is 0 Å². The molecule has 1 saturated heterocycles. The third-order valence-corrected chi connectivity index (χ3v) is 8.07. The third-order valence-electron chi connectivity index (χ3n) is 6.89. The molecule has 0 aliphatic carbocycles. The maximum absolute atomic E-state index is 13.6. The molecule has 0 bridgehead atoms. The van der Waals surface area contributed by atoms with Gasteiger partial charge in [0.1, 0.15) is 5.82 Å². The number of nitrogens with zero attached hydrogens (tertiary/aromatic N) is 2. The maximum Gasteiger partial charge on any atom is 0.123 e. The van der Waals surface area contributed by atoms with Gasteiger partial charge in [0, 0.05) is 45.6 Å². The quantitative estimate of drug-likeness (QED) is 0.409. The molecule has 1 aliphatic heterocycles. The van der Waals surface area contributed by atoms with Crippen LogP contribution in [0, 0.1) is 18.2 Å². The smallest absolute Gasteiger partial charge is 0.123 e. The van der Waals surface area contributed by atoms with E-state index in [-0.39, 0.29) is 16.8 Å². The molecule has 0 amide bonds. The monoisotopic (exact) mass is 440 g/mol. The van der Waals surface area contributed by atoms with Crippen LogP contribution in [0.2, 0.25) is 0 Å². The molecule has 2 aromatic heterocycles. The first-order chi connectivity index (χ1) is 14.8. The Kier molecular flexibility index (Phi) is 6.47. The highest BCUT2D eigenvalue weighted by molar-refractivity contribution is 7.19. The molecular formula is C26H33FN2OS. The van der Waals surface area contributed by atoms with E-state index in [4.69, 9.17) is 4.74 Å². The Balaban J connectivity index is 1.50. The molecule has 0 saturated carbocycles. The van der Waals surface area contributed by atoms with Crippen LogP contribution in [-0.4, -0.2) is 36.2 Å². The van der Waals surface area contributed by atoms with Crippen molar-refractivity contribution < 1.29 is 9.13 Å². The molecule has 1 fully saturated rings. The fourth-order valence-corrected chi connectivity index (χ4v) is 5.76. The van der Waals surface area contributed by atoms with Crippen molar-refractivity contribution >= 4 is 21.4 Å². The standard InChI is InChI=1S/C26H33FN2OS/c1-5-30-18-26(11-10-23-15-20-14-22(27)8-9-24(20)31-23)12-13-29(17-26)25(3,4)21-7-6-19(2)28-16-21/h6-9,14-16H,5,10-13,17-18H2,1-4H3/t26-/m0/s1. The van der Waals surface area contributed by atoms with Gasteiger partial charge in [0.2, 0.25) is 0 Å². The van der Waals surface area contributed by atoms with E-state index in [1.165, 1.54) is 10.4 Å². The summed E-state index contributed by atoms with van der Waals surface area (Å²) in [4.78, 5) is 8.46. The zero-order valence-corrected chi connectivity index (χ0v) is 19.9. The van der Waals surface area contributed by atoms with Crippen LogP contribution in [-0.2, 0) is 16.7 Å². The predicted molar refractivity (Wildman–Crippen MR) is 127 cm³/mol. The van der Waals surface area contributed by atoms with Crippen molar-refractivity contribution in [3.63, 3.8) is 0 Å². The number of thiophene rings is 1. The van der Waals surface area contributed by atoms with E-state index in [0.29, 0.717) is 0 Å². The van der Waals surface area contributed by atoms with Gasteiger partial charge in [-0.2, -0.15) is 0 Å². The predicted octanol–water partition coefficient (Wildman–Crippen LogP) is 6.34. The van der Waals surface area contributed by atoms with Crippen LogP contribution in [0.4, 0.5) is 4.39 Å². The summed E-state index contributed by atoms with van der Waals surface area (Å²) in [6, 6.07) is 11.6. The fraction of sp³-hybridized carbons (Fsp3) is 0.500. The molecule has 166 valence electrons. The molecule has 3 aromatic rings. The van der Waals surface area contributed by atoms with E-state index < -0.39 is 0 Å². The topological polar surface area (TPSA) is 25.4 Å². The minimum absolute atomic E-state index is 0.0657. The first-order valence-corrected chi connectivity index (χ1v) is 12.1. The number of aromatic nitrogens is 1. The van der Waals surface area contributed by atoms with E-state index in [1.807, 2.05) is 19.2 Å². The van der Waals surface area contributed by atoms with Crippen molar-refractivity contribution in [3.05, 3.63) is 64.5 Å². The molecule has 3 nitrogen and oxygen atoms in total. The van der Waals surface area contributed by atoms with Crippen LogP contribution in [0.15, 0.2) is 42.6 Å². The van der Waals surface area contributed by atoms with Crippen molar-refractivity contribution in [2.75, 3.05) is 26.3 Å². The lowest BCUT2D eigenvalue weighted by atomic mass is 9.82. The Labute approximate surface area is 189 Å². The van der Waals surface area contributed by atoms with E-state index in [1.54, 1.807) is 23.5 Å².